The number of halogens is 4. The van der Waals surface area contributed by atoms with Gasteiger partial charge >= 0.3 is 6.18 Å². The second-order valence-corrected chi connectivity index (χ2v) is 8.67. The van der Waals surface area contributed by atoms with Gasteiger partial charge in [0, 0.05) is 25.7 Å². The minimum absolute atomic E-state index is 0.326. The molecule has 0 saturated carbocycles. The molecule has 3 aromatic rings. The van der Waals surface area contributed by atoms with Crippen LogP contribution in [0.4, 0.5) is 17.6 Å². The molecular formula is C23H24F4N6. The fourth-order valence-corrected chi connectivity index (χ4v) is 4.91. The molecule has 2 fully saturated rings. The second kappa shape index (κ2) is 8.83. The molecule has 2 aliphatic heterocycles. The Morgan fingerprint density at radius 2 is 1.73 bits per heavy atom. The maximum absolute atomic E-state index is 13.3. The lowest BCUT2D eigenvalue weighted by Gasteiger charge is -2.41. The lowest BCUT2D eigenvalue weighted by Crippen LogP contribution is -2.51. The molecule has 3 heterocycles. The zero-order valence-corrected chi connectivity index (χ0v) is 17.9. The van der Waals surface area contributed by atoms with E-state index >= 15 is 0 Å². The standard InChI is InChI=1S/C23H24F4N6/c24-19-9-3-16(4-10-19)14-33-22(28-29-30-33)21(17-5-7-18(8-6-17)23(25,26)27)32-13-12-31-11-1-2-20(31)15-32/h3-10,20-21H,1-2,11-15H2. The van der Waals surface area contributed by atoms with E-state index in [9.17, 15) is 17.6 Å². The maximum atomic E-state index is 13.3. The van der Waals surface area contributed by atoms with Gasteiger partial charge in [-0.05, 0) is 65.2 Å². The SMILES string of the molecule is Fc1ccc(Cn2nnnc2C(c2ccc(C(F)(F)F)cc2)N2CCN3CCCC3C2)cc1. The van der Waals surface area contributed by atoms with Crippen LogP contribution in [-0.4, -0.2) is 62.2 Å². The van der Waals surface area contributed by atoms with Gasteiger partial charge in [-0.1, -0.05) is 24.3 Å². The highest BCUT2D eigenvalue weighted by molar-refractivity contribution is 5.30. The molecule has 10 heteroatoms. The van der Waals surface area contributed by atoms with Crippen LogP contribution < -0.4 is 0 Å². The Bertz CT molecular complexity index is 1080. The van der Waals surface area contributed by atoms with Crippen LogP contribution in [0.15, 0.2) is 48.5 Å². The molecule has 2 atom stereocenters. The molecule has 2 aromatic carbocycles. The summed E-state index contributed by atoms with van der Waals surface area (Å²) in [6, 6.07) is 11.4. The highest BCUT2D eigenvalue weighted by Gasteiger charge is 2.37. The van der Waals surface area contributed by atoms with Crippen LogP contribution in [-0.2, 0) is 12.7 Å². The van der Waals surface area contributed by atoms with Crippen LogP contribution in [0.3, 0.4) is 0 Å². The summed E-state index contributed by atoms with van der Waals surface area (Å²) in [5.74, 6) is 0.235. The Morgan fingerprint density at radius 3 is 2.45 bits per heavy atom. The summed E-state index contributed by atoms with van der Waals surface area (Å²) in [6.07, 6.45) is -2.13. The monoisotopic (exact) mass is 460 g/mol. The molecule has 5 rings (SSSR count). The van der Waals surface area contributed by atoms with Crippen molar-refractivity contribution in [2.45, 2.75) is 37.6 Å². The van der Waals surface area contributed by atoms with Crippen molar-refractivity contribution in [3.8, 4) is 0 Å². The van der Waals surface area contributed by atoms with Gasteiger partial charge in [-0.15, -0.1) is 5.10 Å². The minimum atomic E-state index is -4.40. The number of nitrogens with zero attached hydrogens (tertiary/aromatic N) is 6. The fraction of sp³-hybridized carbons (Fsp3) is 0.435. The zero-order valence-electron chi connectivity index (χ0n) is 17.9. The summed E-state index contributed by atoms with van der Waals surface area (Å²) in [5, 5.41) is 12.3. The molecular weight excluding hydrogens is 436 g/mol. The van der Waals surface area contributed by atoms with Gasteiger partial charge in [0.1, 0.15) is 5.82 Å². The number of hydrogen-bond acceptors (Lipinski definition) is 5. The van der Waals surface area contributed by atoms with Crippen molar-refractivity contribution in [2.75, 3.05) is 26.2 Å². The first-order valence-corrected chi connectivity index (χ1v) is 11.0. The van der Waals surface area contributed by atoms with Gasteiger partial charge in [0.2, 0.25) is 0 Å². The van der Waals surface area contributed by atoms with Gasteiger partial charge in [0.05, 0.1) is 18.2 Å². The molecule has 0 bridgehead atoms. The molecule has 0 radical (unpaired) electrons. The molecule has 174 valence electrons. The Morgan fingerprint density at radius 1 is 0.970 bits per heavy atom. The number of benzene rings is 2. The highest BCUT2D eigenvalue weighted by atomic mass is 19.4. The Kier molecular flexibility index (Phi) is 5.88. The first-order valence-electron chi connectivity index (χ1n) is 11.0. The van der Waals surface area contributed by atoms with Gasteiger partial charge in [-0.25, -0.2) is 9.07 Å². The van der Waals surface area contributed by atoms with Crippen molar-refractivity contribution in [2.24, 2.45) is 0 Å². The van der Waals surface area contributed by atoms with Gasteiger partial charge in [0.25, 0.3) is 0 Å². The lowest BCUT2D eigenvalue weighted by molar-refractivity contribution is -0.137. The summed E-state index contributed by atoms with van der Waals surface area (Å²) in [7, 11) is 0. The normalized spacial score (nSPS) is 20.7. The van der Waals surface area contributed by atoms with Crippen molar-refractivity contribution in [3.05, 3.63) is 76.9 Å². The first-order chi connectivity index (χ1) is 15.9. The molecule has 0 amide bonds. The largest absolute Gasteiger partial charge is 0.416 e. The molecule has 2 saturated heterocycles. The van der Waals surface area contributed by atoms with E-state index in [2.05, 4.69) is 25.3 Å². The van der Waals surface area contributed by atoms with Crippen LogP contribution in [0, 0.1) is 5.82 Å². The summed E-state index contributed by atoms with van der Waals surface area (Å²) in [4.78, 5) is 4.74. The van der Waals surface area contributed by atoms with Crippen LogP contribution in [0.25, 0.3) is 0 Å². The van der Waals surface area contributed by atoms with E-state index in [0.29, 0.717) is 24.0 Å². The third-order valence-corrected chi connectivity index (χ3v) is 6.59. The van der Waals surface area contributed by atoms with Gasteiger partial charge in [-0.3, -0.25) is 9.80 Å². The third-order valence-electron chi connectivity index (χ3n) is 6.59. The van der Waals surface area contributed by atoms with E-state index in [1.54, 1.807) is 16.8 Å². The van der Waals surface area contributed by atoms with Crippen LogP contribution >= 0.6 is 0 Å². The molecule has 0 N–H and O–H groups in total. The van der Waals surface area contributed by atoms with Gasteiger partial charge < -0.3 is 0 Å². The van der Waals surface area contributed by atoms with E-state index in [4.69, 9.17) is 0 Å². The van der Waals surface area contributed by atoms with Crippen LogP contribution in [0.2, 0.25) is 0 Å². The summed E-state index contributed by atoms with van der Waals surface area (Å²) >= 11 is 0. The van der Waals surface area contributed by atoms with E-state index < -0.39 is 11.7 Å². The zero-order chi connectivity index (χ0) is 23.0. The Labute approximate surface area is 188 Å². The predicted molar refractivity (Wildman–Crippen MR) is 113 cm³/mol. The van der Waals surface area contributed by atoms with Crippen molar-refractivity contribution in [1.82, 2.24) is 30.0 Å². The van der Waals surface area contributed by atoms with Gasteiger partial charge in [-0.2, -0.15) is 13.2 Å². The number of hydrogen-bond donors (Lipinski definition) is 0. The highest BCUT2D eigenvalue weighted by Crippen LogP contribution is 2.34. The van der Waals surface area contributed by atoms with Crippen LogP contribution in [0.1, 0.15) is 41.4 Å². The van der Waals surface area contributed by atoms with E-state index in [0.717, 1.165) is 56.7 Å². The molecule has 2 unspecified atom stereocenters. The average molecular weight is 460 g/mol. The lowest BCUT2D eigenvalue weighted by atomic mass is 10.00. The number of fused-ring (bicyclic) bond motifs is 1. The Balaban J connectivity index is 1.49. The number of tetrazole rings is 1. The summed E-state index contributed by atoms with van der Waals surface area (Å²) in [6.45, 7) is 3.90. The topological polar surface area (TPSA) is 50.1 Å². The Hall–Kier alpha value is -2.85. The third kappa shape index (κ3) is 4.63. The smallest absolute Gasteiger partial charge is 0.298 e. The van der Waals surface area contributed by atoms with Crippen molar-refractivity contribution >= 4 is 0 Å². The summed E-state index contributed by atoms with van der Waals surface area (Å²) in [5.41, 5.74) is 0.859. The van der Waals surface area contributed by atoms with E-state index in [1.165, 1.54) is 24.3 Å². The van der Waals surface area contributed by atoms with Crippen LogP contribution in [0.5, 0.6) is 0 Å². The van der Waals surface area contributed by atoms with Crippen molar-refractivity contribution in [1.29, 1.82) is 0 Å². The van der Waals surface area contributed by atoms with Crippen molar-refractivity contribution < 1.29 is 17.6 Å². The number of rotatable bonds is 5. The number of aromatic nitrogens is 4. The molecule has 6 nitrogen and oxygen atoms in total. The van der Waals surface area contributed by atoms with Crippen molar-refractivity contribution in [3.63, 3.8) is 0 Å². The van der Waals surface area contributed by atoms with E-state index in [-0.39, 0.29) is 11.9 Å². The molecule has 0 aliphatic carbocycles. The van der Waals surface area contributed by atoms with Gasteiger partial charge in [0.15, 0.2) is 5.82 Å². The number of piperazine rings is 1. The average Bonchev–Trinajstić information content (AvgIpc) is 3.45. The molecule has 33 heavy (non-hydrogen) atoms. The predicted octanol–water partition coefficient (Wildman–Crippen LogP) is 3.75. The minimum Gasteiger partial charge on any atom is -0.298 e. The quantitative estimate of drug-likeness (QED) is 0.543. The second-order valence-electron chi connectivity index (χ2n) is 8.67. The first kappa shape index (κ1) is 22.0. The van der Waals surface area contributed by atoms with E-state index in [1.807, 2.05) is 0 Å². The number of alkyl halides is 3. The molecule has 2 aliphatic rings. The molecule has 0 spiro atoms. The molecule has 1 aromatic heterocycles. The maximum Gasteiger partial charge on any atom is 0.416 e. The fourth-order valence-electron chi connectivity index (χ4n) is 4.91. The summed E-state index contributed by atoms with van der Waals surface area (Å²) < 4.78 is 54.4.